The van der Waals surface area contributed by atoms with Gasteiger partial charge in [0.15, 0.2) is 0 Å². The molecule has 5 nitrogen and oxygen atoms in total. The van der Waals surface area contributed by atoms with Gasteiger partial charge in [-0.05, 0) is 55.2 Å². The third-order valence-electron chi connectivity index (χ3n) is 5.67. The number of rotatable bonds is 9. The Balaban J connectivity index is 1.52. The van der Waals surface area contributed by atoms with Gasteiger partial charge in [0.1, 0.15) is 12.4 Å². The molecule has 1 fully saturated rings. The average Bonchev–Trinajstić information content (AvgIpc) is 3.35. The largest absolute Gasteiger partial charge is 0.496 e. The summed E-state index contributed by atoms with van der Waals surface area (Å²) >= 11 is 0. The van der Waals surface area contributed by atoms with E-state index in [0.29, 0.717) is 12.5 Å². The van der Waals surface area contributed by atoms with Crippen molar-refractivity contribution < 1.29 is 14.2 Å². The van der Waals surface area contributed by atoms with Crippen molar-refractivity contribution in [2.75, 3.05) is 20.3 Å². The van der Waals surface area contributed by atoms with Crippen LogP contribution in [0.25, 0.3) is 11.1 Å². The van der Waals surface area contributed by atoms with Crippen LogP contribution in [0.15, 0.2) is 66.9 Å². The highest BCUT2D eigenvalue weighted by Gasteiger charge is 2.19. The lowest BCUT2D eigenvalue weighted by Gasteiger charge is -2.17. The van der Waals surface area contributed by atoms with Crippen LogP contribution in [0.4, 0.5) is 0 Å². The van der Waals surface area contributed by atoms with E-state index in [1.54, 1.807) is 13.3 Å². The lowest BCUT2D eigenvalue weighted by molar-refractivity contribution is 0.0665. The van der Waals surface area contributed by atoms with Crippen molar-refractivity contribution in [3.8, 4) is 22.8 Å². The van der Waals surface area contributed by atoms with Crippen molar-refractivity contribution in [2.45, 2.75) is 38.5 Å². The zero-order valence-corrected chi connectivity index (χ0v) is 18.2. The molecule has 3 aromatic rings. The van der Waals surface area contributed by atoms with E-state index >= 15 is 0 Å². The summed E-state index contributed by atoms with van der Waals surface area (Å²) < 4.78 is 17.4. The third-order valence-corrected chi connectivity index (χ3v) is 5.67. The number of ether oxygens (including phenoxy) is 3. The van der Waals surface area contributed by atoms with Gasteiger partial charge in [-0.25, -0.2) is 4.98 Å². The normalized spacial score (nSPS) is 16.8. The number of hydrogen-bond donors (Lipinski definition) is 1. The van der Waals surface area contributed by atoms with Gasteiger partial charge in [0, 0.05) is 36.5 Å². The van der Waals surface area contributed by atoms with Gasteiger partial charge < -0.3 is 19.5 Å². The predicted molar refractivity (Wildman–Crippen MR) is 122 cm³/mol. The van der Waals surface area contributed by atoms with E-state index in [4.69, 9.17) is 14.2 Å². The molecule has 2 heterocycles. The molecule has 1 aliphatic heterocycles. The Morgan fingerprint density at radius 1 is 1.10 bits per heavy atom. The van der Waals surface area contributed by atoms with Crippen molar-refractivity contribution in [1.82, 2.24) is 10.3 Å². The minimum Gasteiger partial charge on any atom is -0.496 e. The molecule has 0 spiro atoms. The minimum absolute atomic E-state index is 0.145. The van der Waals surface area contributed by atoms with E-state index in [2.05, 4.69) is 53.6 Å². The topological polar surface area (TPSA) is 52.6 Å². The summed E-state index contributed by atoms with van der Waals surface area (Å²) in [5.74, 6) is 1.41. The van der Waals surface area contributed by atoms with Crippen LogP contribution in [-0.4, -0.2) is 31.4 Å². The van der Waals surface area contributed by atoms with Gasteiger partial charge in [-0.3, -0.25) is 0 Å². The van der Waals surface area contributed by atoms with E-state index in [1.165, 1.54) is 11.1 Å². The first kappa shape index (κ1) is 21.3. The van der Waals surface area contributed by atoms with Crippen molar-refractivity contribution >= 4 is 0 Å². The second-order valence-corrected chi connectivity index (χ2v) is 7.85. The van der Waals surface area contributed by atoms with Crippen LogP contribution in [0.3, 0.4) is 0 Å². The summed E-state index contributed by atoms with van der Waals surface area (Å²) in [6.07, 6.45) is 4.03. The summed E-state index contributed by atoms with van der Waals surface area (Å²) in [6.45, 7) is 4.26. The number of nitrogens with one attached hydrogen (secondary N) is 1. The van der Waals surface area contributed by atoms with Crippen LogP contribution in [0.2, 0.25) is 0 Å². The molecular formula is C26H30N2O3. The first-order valence-electron chi connectivity index (χ1n) is 10.9. The maximum Gasteiger partial charge on any atom is 0.221 e. The zero-order valence-electron chi connectivity index (χ0n) is 18.2. The summed E-state index contributed by atoms with van der Waals surface area (Å²) in [5, 5.41) is 3.60. The fourth-order valence-corrected chi connectivity index (χ4v) is 3.86. The molecule has 0 aliphatic carbocycles. The zero-order chi connectivity index (χ0) is 21.5. The van der Waals surface area contributed by atoms with Gasteiger partial charge >= 0.3 is 0 Å². The molecule has 0 radical (unpaired) electrons. The second kappa shape index (κ2) is 10.4. The first-order valence-corrected chi connectivity index (χ1v) is 10.9. The monoisotopic (exact) mass is 418 g/mol. The Morgan fingerprint density at radius 3 is 2.74 bits per heavy atom. The molecule has 0 bridgehead atoms. The summed E-state index contributed by atoms with van der Waals surface area (Å²) in [7, 11) is 1.69. The molecule has 0 saturated carbocycles. The van der Waals surface area contributed by atoms with Crippen LogP contribution < -0.4 is 14.8 Å². The minimum atomic E-state index is 0.145. The van der Waals surface area contributed by atoms with Crippen molar-refractivity contribution in [3.63, 3.8) is 0 Å². The average molecular weight is 419 g/mol. The van der Waals surface area contributed by atoms with Crippen molar-refractivity contribution in [2.24, 2.45) is 0 Å². The molecule has 2 aromatic carbocycles. The molecule has 4 rings (SSSR count). The molecular weight excluding hydrogens is 388 g/mol. The molecule has 31 heavy (non-hydrogen) atoms. The highest BCUT2D eigenvalue weighted by molar-refractivity contribution is 5.75. The molecule has 0 amide bonds. The van der Waals surface area contributed by atoms with Crippen LogP contribution in [-0.2, 0) is 11.3 Å². The maximum absolute atomic E-state index is 6.06. The standard InChI is InChI=1S/C26H30N2O3/c1-19(21-8-4-3-5-9-21)28-17-20-12-13-25(29-2)24(16-20)23-11-6-14-27-26(23)31-18-22-10-7-15-30-22/h3-6,8-9,11-14,16,19,22,28H,7,10,15,17-18H2,1-2H3/t19-,22?/m1/s1. The number of methoxy groups -OCH3 is 1. The lowest BCUT2D eigenvalue weighted by Crippen LogP contribution is -2.18. The summed E-state index contributed by atoms with van der Waals surface area (Å²) in [5.41, 5.74) is 4.35. The van der Waals surface area contributed by atoms with Gasteiger partial charge in [-0.15, -0.1) is 0 Å². The van der Waals surface area contributed by atoms with Crippen molar-refractivity contribution in [3.05, 3.63) is 78.0 Å². The fraction of sp³-hybridized carbons (Fsp3) is 0.346. The summed E-state index contributed by atoms with van der Waals surface area (Å²) in [4.78, 5) is 4.49. The number of hydrogen-bond acceptors (Lipinski definition) is 5. The number of aromatic nitrogens is 1. The fourth-order valence-electron chi connectivity index (χ4n) is 3.86. The number of pyridine rings is 1. The van der Waals surface area contributed by atoms with E-state index in [0.717, 1.165) is 42.9 Å². The van der Waals surface area contributed by atoms with E-state index in [-0.39, 0.29) is 12.1 Å². The molecule has 1 aromatic heterocycles. The molecule has 2 atom stereocenters. The Morgan fingerprint density at radius 2 is 1.97 bits per heavy atom. The molecule has 1 unspecified atom stereocenters. The van der Waals surface area contributed by atoms with E-state index < -0.39 is 0 Å². The highest BCUT2D eigenvalue weighted by Crippen LogP contribution is 2.36. The SMILES string of the molecule is COc1ccc(CN[C@H](C)c2ccccc2)cc1-c1cccnc1OCC1CCCO1. The smallest absolute Gasteiger partial charge is 0.221 e. The first-order chi connectivity index (χ1) is 15.2. The highest BCUT2D eigenvalue weighted by atomic mass is 16.5. The Hall–Kier alpha value is -2.89. The van der Waals surface area contributed by atoms with Gasteiger partial charge in [0.05, 0.1) is 13.2 Å². The Labute approximate surface area is 184 Å². The molecule has 1 aliphatic rings. The van der Waals surface area contributed by atoms with Crippen LogP contribution in [0.1, 0.15) is 36.9 Å². The number of nitrogens with zero attached hydrogens (tertiary/aromatic N) is 1. The third kappa shape index (κ3) is 5.43. The van der Waals surface area contributed by atoms with Crippen LogP contribution >= 0.6 is 0 Å². The summed E-state index contributed by atoms with van der Waals surface area (Å²) in [6, 6.07) is 20.9. The molecule has 5 heteroatoms. The van der Waals surface area contributed by atoms with E-state index in [1.807, 2.05) is 24.3 Å². The molecule has 162 valence electrons. The molecule has 1 saturated heterocycles. The van der Waals surface area contributed by atoms with Gasteiger partial charge in [-0.2, -0.15) is 0 Å². The van der Waals surface area contributed by atoms with Crippen LogP contribution in [0.5, 0.6) is 11.6 Å². The lowest BCUT2D eigenvalue weighted by atomic mass is 10.0. The molecule has 1 N–H and O–H groups in total. The Bertz CT molecular complexity index is 971. The number of benzene rings is 2. The quantitative estimate of drug-likeness (QED) is 0.520. The van der Waals surface area contributed by atoms with Gasteiger partial charge in [-0.1, -0.05) is 36.4 Å². The van der Waals surface area contributed by atoms with Gasteiger partial charge in [0.25, 0.3) is 0 Å². The maximum atomic E-state index is 6.06. The second-order valence-electron chi connectivity index (χ2n) is 7.85. The predicted octanol–water partition coefficient (Wildman–Crippen LogP) is 5.17. The van der Waals surface area contributed by atoms with Gasteiger partial charge in [0.2, 0.25) is 5.88 Å². The van der Waals surface area contributed by atoms with Crippen LogP contribution in [0, 0.1) is 0 Å². The Kier molecular flexibility index (Phi) is 7.18. The van der Waals surface area contributed by atoms with E-state index in [9.17, 15) is 0 Å². The van der Waals surface area contributed by atoms with Crippen molar-refractivity contribution in [1.29, 1.82) is 0 Å².